The molecule has 6 heteroatoms. The maximum atomic E-state index is 12.9. The maximum absolute atomic E-state index is 12.9. The number of ether oxygens (including phenoxy) is 3. The van der Waals surface area contributed by atoms with Crippen molar-refractivity contribution >= 4 is 17.9 Å². The van der Waals surface area contributed by atoms with Gasteiger partial charge in [0.25, 0.3) is 0 Å². The van der Waals surface area contributed by atoms with Crippen LogP contribution in [0.25, 0.3) is 0 Å². The molecule has 0 aromatic rings. The van der Waals surface area contributed by atoms with Gasteiger partial charge in [0.1, 0.15) is 13.2 Å². The normalized spacial score (nSPS) is 12.7. The monoisotopic (exact) mass is 1040 g/mol. The van der Waals surface area contributed by atoms with Crippen molar-refractivity contribution in [1.82, 2.24) is 0 Å². The molecule has 430 valence electrons. The van der Waals surface area contributed by atoms with Gasteiger partial charge in [-0.2, -0.15) is 0 Å². The standard InChI is InChI=1S/C69H118O6/c1-4-7-10-13-16-19-22-25-28-31-33-34-36-38-41-44-47-50-53-56-59-62-68(71)74-65-66(64-73-67(70)61-58-55-52-49-46-43-40-37-30-27-24-21-18-15-12-9-6-3)75-69(72)63-60-57-54-51-48-45-42-39-35-32-29-26-23-20-17-14-11-8-5-2/h7,10,16-17,19-20,25-30,33-34,38,41,66H,4-6,8-9,11-15,18,21-24,31-32,35-37,39-40,42-65H2,1-3H3/b10-7-,19-16-,20-17-,28-25-,29-26-,30-27-,34-33-,41-38-. The smallest absolute Gasteiger partial charge is 0.306 e. The molecule has 0 rings (SSSR count). The third-order valence-corrected chi connectivity index (χ3v) is 13.5. The molecule has 0 radical (unpaired) electrons. The molecule has 0 aliphatic rings. The van der Waals surface area contributed by atoms with E-state index in [-0.39, 0.29) is 31.1 Å². The zero-order valence-corrected chi connectivity index (χ0v) is 49.3. The van der Waals surface area contributed by atoms with Gasteiger partial charge in [-0.05, 0) is 122 Å². The van der Waals surface area contributed by atoms with Crippen LogP contribution in [0.5, 0.6) is 0 Å². The van der Waals surface area contributed by atoms with Crippen LogP contribution in [0.1, 0.15) is 303 Å². The average molecular weight is 1040 g/mol. The van der Waals surface area contributed by atoms with E-state index < -0.39 is 6.10 Å². The van der Waals surface area contributed by atoms with Gasteiger partial charge in [0.15, 0.2) is 6.10 Å². The Morgan fingerprint density at radius 3 is 0.853 bits per heavy atom. The van der Waals surface area contributed by atoms with Crippen LogP contribution in [0.4, 0.5) is 0 Å². The number of unbranched alkanes of at least 4 members (excludes halogenated alkanes) is 30. The largest absolute Gasteiger partial charge is 0.462 e. The summed E-state index contributed by atoms with van der Waals surface area (Å²) in [6.07, 6.45) is 84.0. The minimum absolute atomic E-state index is 0.0873. The zero-order valence-electron chi connectivity index (χ0n) is 49.3. The van der Waals surface area contributed by atoms with Gasteiger partial charge >= 0.3 is 17.9 Å². The highest BCUT2D eigenvalue weighted by molar-refractivity contribution is 5.71. The summed E-state index contributed by atoms with van der Waals surface area (Å²) in [6, 6.07) is 0. The van der Waals surface area contributed by atoms with Crippen molar-refractivity contribution in [3.8, 4) is 0 Å². The summed E-state index contributed by atoms with van der Waals surface area (Å²) in [6.45, 7) is 6.50. The van der Waals surface area contributed by atoms with Crippen LogP contribution in [-0.2, 0) is 28.6 Å². The summed E-state index contributed by atoms with van der Waals surface area (Å²) >= 11 is 0. The summed E-state index contributed by atoms with van der Waals surface area (Å²) in [4.78, 5) is 38.3. The molecule has 75 heavy (non-hydrogen) atoms. The highest BCUT2D eigenvalue weighted by atomic mass is 16.6. The molecule has 0 fully saturated rings. The third kappa shape index (κ3) is 61.1. The Balaban J connectivity index is 4.43. The lowest BCUT2D eigenvalue weighted by Gasteiger charge is -2.18. The molecule has 6 nitrogen and oxygen atoms in total. The lowest BCUT2D eigenvalue weighted by atomic mass is 10.1. The second kappa shape index (κ2) is 62.9. The average Bonchev–Trinajstić information content (AvgIpc) is 3.41. The lowest BCUT2D eigenvalue weighted by Crippen LogP contribution is -2.30. The number of allylic oxidation sites excluding steroid dienone is 16. The highest BCUT2D eigenvalue weighted by Gasteiger charge is 2.19. The third-order valence-electron chi connectivity index (χ3n) is 13.5. The summed E-state index contributed by atoms with van der Waals surface area (Å²) in [5, 5.41) is 0. The summed E-state index contributed by atoms with van der Waals surface area (Å²) in [5.74, 6) is -0.905. The van der Waals surface area contributed by atoms with Gasteiger partial charge in [0.05, 0.1) is 0 Å². The molecule has 1 atom stereocenters. The second-order valence-electron chi connectivity index (χ2n) is 20.9. The molecule has 0 aromatic carbocycles. The van der Waals surface area contributed by atoms with Gasteiger partial charge in [0, 0.05) is 19.3 Å². The van der Waals surface area contributed by atoms with E-state index in [0.717, 1.165) is 116 Å². The number of carbonyl (C=O) groups is 3. The lowest BCUT2D eigenvalue weighted by molar-refractivity contribution is -0.167. The predicted octanol–water partition coefficient (Wildman–Crippen LogP) is 21.7. The topological polar surface area (TPSA) is 78.9 Å². The molecule has 0 heterocycles. The number of hydrogen-bond acceptors (Lipinski definition) is 6. The van der Waals surface area contributed by atoms with E-state index in [1.165, 1.54) is 148 Å². The highest BCUT2D eigenvalue weighted by Crippen LogP contribution is 2.15. The van der Waals surface area contributed by atoms with Gasteiger partial charge in [-0.15, -0.1) is 0 Å². The van der Waals surface area contributed by atoms with E-state index in [1.807, 2.05) is 0 Å². The quantitative estimate of drug-likeness (QED) is 0.0261. The molecule has 0 saturated heterocycles. The molecule has 0 N–H and O–H groups in total. The number of rotatable bonds is 57. The maximum Gasteiger partial charge on any atom is 0.306 e. The van der Waals surface area contributed by atoms with Gasteiger partial charge in [-0.25, -0.2) is 0 Å². The van der Waals surface area contributed by atoms with E-state index in [4.69, 9.17) is 14.2 Å². The van der Waals surface area contributed by atoms with Crippen LogP contribution >= 0.6 is 0 Å². The van der Waals surface area contributed by atoms with Crippen LogP contribution < -0.4 is 0 Å². The molecule has 0 aliphatic heterocycles. The summed E-state index contributed by atoms with van der Waals surface area (Å²) in [5.41, 5.74) is 0. The zero-order chi connectivity index (χ0) is 54.3. The number of hydrogen-bond donors (Lipinski definition) is 0. The van der Waals surface area contributed by atoms with E-state index in [0.29, 0.717) is 19.3 Å². The predicted molar refractivity (Wildman–Crippen MR) is 325 cm³/mol. The van der Waals surface area contributed by atoms with Gasteiger partial charge < -0.3 is 14.2 Å². The molecule has 0 bridgehead atoms. The SMILES string of the molecule is CC/C=C\C/C=C\C/C=C\C/C=C\C/C=C\CCCCCCCC(=O)OCC(COC(=O)CCCCCCCCC/C=C\CCCCCCCC)OC(=O)CCCCCCCCCCC/C=C\C/C=C\CCCCC. The second-order valence-corrected chi connectivity index (χ2v) is 20.9. The van der Waals surface area contributed by atoms with Crippen LogP contribution in [0, 0.1) is 0 Å². The number of esters is 3. The first-order chi connectivity index (χ1) is 37.0. The van der Waals surface area contributed by atoms with Crippen LogP contribution in [0.15, 0.2) is 97.2 Å². The van der Waals surface area contributed by atoms with Crippen molar-refractivity contribution in [1.29, 1.82) is 0 Å². The van der Waals surface area contributed by atoms with Crippen molar-refractivity contribution < 1.29 is 28.6 Å². The molecule has 0 spiro atoms. The Morgan fingerprint density at radius 2 is 0.520 bits per heavy atom. The Morgan fingerprint density at radius 1 is 0.280 bits per heavy atom. The fourth-order valence-corrected chi connectivity index (χ4v) is 8.79. The molecule has 1 unspecified atom stereocenters. The molecule has 0 amide bonds. The minimum atomic E-state index is -0.792. The Hall–Kier alpha value is -3.67. The van der Waals surface area contributed by atoms with Crippen molar-refractivity contribution in [3.05, 3.63) is 97.2 Å². The first kappa shape index (κ1) is 71.3. The minimum Gasteiger partial charge on any atom is -0.462 e. The van der Waals surface area contributed by atoms with Gasteiger partial charge in [-0.3, -0.25) is 14.4 Å². The molecule has 0 aliphatic carbocycles. The summed E-state index contributed by atoms with van der Waals surface area (Å²) < 4.78 is 16.9. The van der Waals surface area contributed by atoms with Crippen LogP contribution in [0.2, 0.25) is 0 Å². The summed E-state index contributed by atoms with van der Waals surface area (Å²) in [7, 11) is 0. The Labute approximate surface area is 464 Å². The molecular weight excluding hydrogens is 925 g/mol. The fraction of sp³-hybridized carbons (Fsp3) is 0.725. The van der Waals surface area contributed by atoms with E-state index in [2.05, 4.69) is 118 Å². The van der Waals surface area contributed by atoms with Gasteiger partial charge in [-0.1, -0.05) is 259 Å². The van der Waals surface area contributed by atoms with Crippen molar-refractivity contribution in [3.63, 3.8) is 0 Å². The molecule has 0 saturated carbocycles. The van der Waals surface area contributed by atoms with Crippen molar-refractivity contribution in [2.75, 3.05) is 13.2 Å². The Kier molecular flexibility index (Phi) is 59.8. The van der Waals surface area contributed by atoms with Crippen LogP contribution in [0.3, 0.4) is 0 Å². The van der Waals surface area contributed by atoms with E-state index in [9.17, 15) is 14.4 Å². The van der Waals surface area contributed by atoms with Crippen molar-refractivity contribution in [2.45, 2.75) is 309 Å². The number of carbonyl (C=O) groups excluding carboxylic acids is 3. The van der Waals surface area contributed by atoms with Crippen LogP contribution in [-0.4, -0.2) is 37.2 Å². The molecule has 0 aromatic heterocycles. The fourth-order valence-electron chi connectivity index (χ4n) is 8.79. The van der Waals surface area contributed by atoms with Crippen molar-refractivity contribution in [2.24, 2.45) is 0 Å². The molecular formula is C69H118O6. The first-order valence-corrected chi connectivity index (χ1v) is 31.7. The van der Waals surface area contributed by atoms with E-state index >= 15 is 0 Å². The van der Waals surface area contributed by atoms with Gasteiger partial charge in [0.2, 0.25) is 0 Å². The Bertz CT molecular complexity index is 1480. The van der Waals surface area contributed by atoms with E-state index in [1.54, 1.807) is 0 Å². The first-order valence-electron chi connectivity index (χ1n) is 31.7.